The molecule has 2 nitrogen and oxygen atoms in total. The van der Waals surface area contributed by atoms with Crippen LogP contribution in [0.3, 0.4) is 0 Å². The summed E-state index contributed by atoms with van der Waals surface area (Å²) >= 11 is 0. The van der Waals surface area contributed by atoms with Crippen molar-refractivity contribution >= 4 is 13.5 Å². The van der Waals surface area contributed by atoms with E-state index in [1.165, 1.54) is 37.7 Å². The minimum atomic E-state index is -6.00. The van der Waals surface area contributed by atoms with E-state index in [1.807, 2.05) is 0 Å². The first-order valence-corrected chi connectivity index (χ1v) is 9.98. The molecule has 7 heteroatoms. The van der Waals surface area contributed by atoms with E-state index in [1.54, 1.807) is 0 Å². The van der Waals surface area contributed by atoms with Crippen LogP contribution in [0.1, 0.15) is 63.9 Å². The van der Waals surface area contributed by atoms with Gasteiger partial charge >= 0.3 is 7.25 Å². The van der Waals surface area contributed by atoms with Crippen molar-refractivity contribution in [2.75, 3.05) is 13.2 Å². The maximum atomic E-state index is 9.75. The average molecular weight is 387 g/mol. The van der Waals surface area contributed by atoms with Gasteiger partial charge in [-0.3, -0.25) is 0 Å². The second-order valence-electron chi connectivity index (χ2n) is 7.29. The van der Waals surface area contributed by atoms with Crippen LogP contribution < -0.4 is 0 Å². The van der Waals surface area contributed by atoms with Gasteiger partial charge in [-0.2, -0.15) is 0 Å². The molecule has 0 N–H and O–H groups in total. The van der Waals surface area contributed by atoms with Crippen molar-refractivity contribution in [2.45, 2.75) is 64.0 Å². The normalized spacial score (nSPS) is 28.3. The Balaban J connectivity index is 0.000000465. The lowest BCUT2D eigenvalue weighted by atomic mass is 9.76. The molecule has 1 saturated heterocycles. The smallest absolute Gasteiger partial charge is 0.418 e. The third-order valence-electron chi connectivity index (χ3n) is 5.51. The van der Waals surface area contributed by atoms with Crippen LogP contribution in [0.2, 0.25) is 0 Å². The van der Waals surface area contributed by atoms with E-state index >= 15 is 0 Å². The fourth-order valence-electron chi connectivity index (χ4n) is 4.41. The summed E-state index contributed by atoms with van der Waals surface area (Å²) in [7, 11) is -6.00. The van der Waals surface area contributed by atoms with Crippen LogP contribution in [-0.2, 0) is 4.74 Å². The highest BCUT2D eigenvalue weighted by Crippen LogP contribution is 2.45. The Bertz CT molecular complexity index is 602. The molecule has 0 amide bonds. The van der Waals surface area contributed by atoms with Gasteiger partial charge < -0.3 is 22.0 Å². The number of fused-ring (bicyclic) bond motifs is 1. The van der Waals surface area contributed by atoms with Crippen molar-refractivity contribution in [2.24, 2.45) is 5.92 Å². The molecule has 0 aliphatic carbocycles. The molecule has 2 aliphatic heterocycles. The van der Waals surface area contributed by atoms with Gasteiger partial charge in [0.25, 0.3) is 5.72 Å². The Morgan fingerprint density at radius 3 is 2.33 bits per heavy atom. The van der Waals surface area contributed by atoms with E-state index in [0.717, 1.165) is 19.6 Å². The summed E-state index contributed by atoms with van der Waals surface area (Å²) in [4.78, 5) is 0. The minimum Gasteiger partial charge on any atom is -0.418 e. The summed E-state index contributed by atoms with van der Waals surface area (Å²) in [5.74, 6) is 1.17. The predicted molar refractivity (Wildman–Crippen MR) is 102 cm³/mol. The zero-order valence-electron chi connectivity index (χ0n) is 16.2. The fraction of sp³-hybridized carbons (Fsp3) is 0.650. The number of hydrogen-bond acceptors (Lipinski definition) is 1. The SMILES string of the molecule is CCOC12CCCCC[N+]1=CC(CC)CC2c1ccccc1.F[B-](F)(F)F. The van der Waals surface area contributed by atoms with Gasteiger partial charge in [-0.25, -0.2) is 4.58 Å². The first kappa shape index (κ1) is 21.9. The molecule has 0 bridgehead atoms. The Labute approximate surface area is 159 Å². The monoisotopic (exact) mass is 387 g/mol. The molecule has 3 rings (SSSR count). The maximum Gasteiger partial charge on any atom is 0.673 e. The predicted octanol–water partition coefficient (Wildman–Crippen LogP) is 5.89. The zero-order valence-corrected chi connectivity index (χ0v) is 16.2. The molecule has 2 aliphatic rings. The molecule has 1 aromatic carbocycles. The van der Waals surface area contributed by atoms with E-state index in [-0.39, 0.29) is 5.72 Å². The Morgan fingerprint density at radius 1 is 1.07 bits per heavy atom. The Morgan fingerprint density at radius 2 is 1.74 bits per heavy atom. The van der Waals surface area contributed by atoms with Crippen LogP contribution in [0.25, 0.3) is 0 Å². The van der Waals surface area contributed by atoms with Crippen molar-refractivity contribution in [3.05, 3.63) is 35.9 Å². The van der Waals surface area contributed by atoms with Crippen molar-refractivity contribution in [1.29, 1.82) is 0 Å². The van der Waals surface area contributed by atoms with Crippen LogP contribution in [0.5, 0.6) is 0 Å². The molecule has 0 radical (unpaired) electrons. The molecule has 2 heterocycles. The third-order valence-corrected chi connectivity index (χ3v) is 5.51. The lowest BCUT2D eigenvalue weighted by molar-refractivity contribution is -0.669. The summed E-state index contributed by atoms with van der Waals surface area (Å²) in [6, 6.07) is 11.1. The lowest BCUT2D eigenvalue weighted by Crippen LogP contribution is -2.54. The minimum absolute atomic E-state index is 0.113. The number of nitrogens with zero attached hydrogens (tertiary/aromatic N) is 1. The zero-order chi connectivity index (χ0) is 19.9. The van der Waals surface area contributed by atoms with Crippen molar-refractivity contribution in [1.82, 2.24) is 0 Å². The largest absolute Gasteiger partial charge is 0.673 e. The second kappa shape index (κ2) is 9.72. The molecule has 152 valence electrons. The summed E-state index contributed by atoms with van der Waals surface area (Å²) in [6.45, 7) is 6.41. The van der Waals surface area contributed by atoms with Crippen molar-refractivity contribution in [3.8, 4) is 0 Å². The summed E-state index contributed by atoms with van der Waals surface area (Å²) in [5, 5.41) is 0. The molecular weight excluding hydrogens is 357 g/mol. The van der Waals surface area contributed by atoms with Gasteiger partial charge in [0.2, 0.25) is 0 Å². The van der Waals surface area contributed by atoms with Gasteiger partial charge in [-0.1, -0.05) is 37.3 Å². The molecular formula is C20H30BF4NO. The first-order chi connectivity index (χ1) is 12.8. The van der Waals surface area contributed by atoms with Crippen LogP contribution in [0, 0.1) is 5.92 Å². The molecule has 1 fully saturated rings. The van der Waals surface area contributed by atoms with E-state index in [4.69, 9.17) is 4.74 Å². The van der Waals surface area contributed by atoms with E-state index in [9.17, 15) is 17.3 Å². The highest BCUT2D eigenvalue weighted by Gasteiger charge is 2.53. The number of halogens is 4. The number of hydrogen-bond donors (Lipinski definition) is 0. The highest BCUT2D eigenvalue weighted by molar-refractivity contribution is 6.50. The van der Waals surface area contributed by atoms with E-state index in [2.05, 4.69) is 55.0 Å². The Kier molecular flexibility index (Phi) is 7.89. The van der Waals surface area contributed by atoms with Gasteiger partial charge in [-0.15, -0.1) is 0 Å². The van der Waals surface area contributed by atoms with Crippen LogP contribution in [0.15, 0.2) is 30.3 Å². The molecule has 27 heavy (non-hydrogen) atoms. The first-order valence-electron chi connectivity index (χ1n) is 9.98. The Hall–Kier alpha value is -1.37. The van der Waals surface area contributed by atoms with Gasteiger partial charge in [0.15, 0.2) is 0 Å². The van der Waals surface area contributed by atoms with Gasteiger partial charge in [0.05, 0.1) is 12.5 Å². The standard InChI is InChI=1S/C20H30NO.BF4/c1-3-17-15-19(18-11-7-5-8-12-18)20(22-4-2)13-9-6-10-14-21(20)16-17;2-1(3,4)5/h5,7-8,11-12,16-17,19H,3-4,6,9-10,13-15H2,1-2H3;/q+1;-1. The van der Waals surface area contributed by atoms with Gasteiger partial charge in [0, 0.05) is 18.8 Å². The average Bonchev–Trinajstić information content (AvgIpc) is 2.83. The lowest BCUT2D eigenvalue weighted by Gasteiger charge is -2.41. The van der Waals surface area contributed by atoms with Crippen LogP contribution in [-0.4, -0.2) is 36.9 Å². The van der Waals surface area contributed by atoms with Crippen LogP contribution >= 0.6 is 0 Å². The molecule has 0 spiro atoms. The van der Waals surface area contributed by atoms with Crippen LogP contribution in [0.4, 0.5) is 17.3 Å². The number of benzene rings is 1. The van der Waals surface area contributed by atoms with Gasteiger partial charge in [-0.05, 0) is 38.2 Å². The molecule has 0 aromatic heterocycles. The summed E-state index contributed by atoms with van der Waals surface area (Å²) < 4.78 is 48.1. The summed E-state index contributed by atoms with van der Waals surface area (Å²) in [6.07, 6.45) is 10.0. The topological polar surface area (TPSA) is 12.2 Å². The quantitative estimate of drug-likeness (QED) is 0.357. The van der Waals surface area contributed by atoms with Crippen molar-refractivity contribution in [3.63, 3.8) is 0 Å². The summed E-state index contributed by atoms with van der Waals surface area (Å²) in [5.41, 5.74) is 1.34. The molecule has 0 saturated carbocycles. The van der Waals surface area contributed by atoms with E-state index < -0.39 is 7.25 Å². The highest BCUT2D eigenvalue weighted by atomic mass is 19.5. The molecule has 3 atom stereocenters. The van der Waals surface area contributed by atoms with Gasteiger partial charge in [0.1, 0.15) is 12.8 Å². The number of ether oxygens (including phenoxy) is 1. The number of rotatable bonds is 4. The fourth-order valence-corrected chi connectivity index (χ4v) is 4.41. The second-order valence-corrected chi connectivity index (χ2v) is 7.29. The third kappa shape index (κ3) is 6.06. The molecule has 1 aromatic rings. The maximum absolute atomic E-state index is 9.75. The van der Waals surface area contributed by atoms with Crippen molar-refractivity contribution < 1.29 is 26.6 Å². The van der Waals surface area contributed by atoms with E-state index in [0.29, 0.717) is 11.8 Å². The molecule has 3 unspecified atom stereocenters.